The topological polar surface area (TPSA) is 59.1 Å². The van der Waals surface area contributed by atoms with Crippen molar-refractivity contribution in [1.82, 2.24) is 10.3 Å². The molecule has 1 unspecified atom stereocenters. The maximum Gasteiger partial charge on any atom is 0.151 e. The van der Waals surface area contributed by atoms with Crippen molar-refractivity contribution in [3.63, 3.8) is 0 Å². The summed E-state index contributed by atoms with van der Waals surface area (Å²) in [6, 6.07) is 0. The van der Waals surface area contributed by atoms with Crippen LogP contribution in [-0.2, 0) is 16.3 Å². The highest BCUT2D eigenvalue weighted by Gasteiger charge is 2.30. The van der Waals surface area contributed by atoms with Crippen LogP contribution in [0, 0.1) is 0 Å². The van der Waals surface area contributed by atoms with Gasteiger partial charge in [0.1, 0.15) is 0 Å². The maximum atomic E-state index is 11.4. The third-order valence-electron chi connectivity index (χ3n) is 2.77. The second kappa shape index (κ2) is 4.81. The first-order valence-electron chi connectivity index (χ1n) is 5.40. The summed E-state index contributed by atoms with van der Waals surface area (Å²) in [6.07, 6.45) is 3.58. The summed E-state index contributed by atoms with van der Waals surface area (Å²) in [6.45, 7) is 0.935. The molecule has 0 amide bonds. The molecule has 1 N–H and O–H groups in total. The molecule has 1 aliphatic heterocycles. The first-order valence-corrected chi connectivity index (χ1v) is 8.04. The van der Waals surface area contributed by atoms with Crippen molar-refractivity contribution in [2.75, 3.05) is 25.1 Å². The quantitative estimate of drug-likeness (QED) is 0.870. The smallest absolute Gasteiger partial charge is 0.151 e. The van der Waals surface area contributed by atoms with E-state index in [1.807, 2.05) is 13.2 Å². The van der Waals surface area contributed by atoms with Gasteiger partial charge in [0.25, 0.3) is 0 Å². The van der Waals surface area contributed by atoms with Crippen molar-refractivity contribution < 1.29 is 8.42 Å². The van der Waals surface area contributed by atoms with Crippen LogP contribution in [0.5, 0.6) is 0 Å². The zero-order chi connectivity index (χ0) is 11.6. The number of nitrogens with zero attached hydrogens (tertiary/aromatic N) is 1. The third-order valence-corrected chi connectivity index (χ3v) is 5.76. The van der Waals surface area contributed by atoms with E-state index in [-0.39, 0.29) is 11.7 Å². The van der Waals surface area contributed by atoms with Gasteiger partial charge in [-0.25, -0.2) is 13.4 Å². The molecule has 1 saturated heterocycles. The lowest BCUT2D eigenvalue weighted by Crippen LogP contribution is -2.09. The van der Waals surface area contributed by atoms with E-state index in [9.17, 15) is 8.42 Å². The van der Waals surface area contributed by atoms with Gasteiger partial charge in [-0.2, -0.15) is 0 Å². The van der Waals surface area contributed by atoms with Crippen LogP contribution < -0.4 is 5.32 Å². The predicted molar refractivity (Wildman–Crippen MR) is 65.8 cm³/mol. The van der Waals surface area contributed by atoms with Gasteiger partial charge in [-0.1, -0.05) is 0 Å². The molecule has 4 nitrogen and oxygen atoms in total. The summed E-state index contributed by atoms with van der Waals surface area (Å²) in [7, 11) is -0.875. The van der Waals surface area contributed by atoms with Crippen molar-refractivity contribution >= 4 is 21.2 Å². The number of hydrogen-bond donors (Lipinski definition) is 1. The molecule has 0 aliphatic carbocycles. The number of likely N-dealkylation sites (N-methyl/N-ethyl adjacent to an activating group) is 1. The largest absolute Gasteiger partial charge is 0.319 e. The molecule has 1 aromatic rings. The van der Waals surface area contributed by atoms with Crippen molar-refractivity contribution in [3.8, 4) is 0 Å². The fraction of sp³-hybridized carbons (Fsp3) is 0.700. The minimum Gasteiger partial charge on any atom is -0.319 e. The number of hydrogen-bond acceptors (Lipinski definition) is 5. The fourth-order valence-electron chi connectivity index (χ4n) is 1.86. The molecule has 0 bridgehead atoms. The van der Waals surface area contributed by atoms with Crippen LogP contribution in [0.3, 0.4) is 0 Å². The number of aromatic nitrogens is 1. The van der Waals surface area contributed by atoms with E-state index in [0.29, 0.717) is 5.75 Å². The summed E-state index contributed by atoms with van der Waals surface area (Å²) in [5, 5.41) is 4.08. The second-order valence-corrected chi connectivity index (χ2v) is 7.49. The van der Waals surface area contributed by atoms with Crippen molar-refractivity contribution in [1.29, 1.82) is 0 Å². The molecule has 0 radical (unpaired) electrons. The van der Waals surface area contributed by atoms with Gasteiger partial charge in [0.05, 0.1) is 16.5 Å². The Morgan fingerprint density at radius 2 is 2.44 bits per heavy atom. The standard InChI is InChI=1S/C10H16N2O2S2/c1-11-4-2-9-6-12-10(15-9)8-3-5-16(13,14)7-8/h6,8,11H,2-5,7H2,1H3. The summed E-state index contributed by atoms with van der Waals surface area (Å²) in [4.78, 5) is 5.57. The van der Waals surface area contributed by atoms with Gasteiger partial charge in [-0.05, 0) is 26.4 Å². The van der Waals surface area contributed by atoms with E-state index in [2.05, 4.69) is 10.3 Å². The Hall–Kier alpha value is -0.460. The Labute approximate surface area is 100 Å². The second-order valence-electron chi connectivity index (χ2n) is 4.12. The Morgan fingerprint density at radius 3 is 3.06 bits per heavy atom. The van der Waals surface area contributed by atoms with E-state index in [0.717, 1.165) is 24.4 Å². The lowest BCUT2D eigenvalue weighted by atomic mass is 10.1. The van der Waals surface area contributed by atoms with Gasteiger partial charge in [0.2, 0.25) is 0 Å². The van der Waals surface area contributed by atoms with Crippen LogP contribution in [-0.4, -0.2) is 38.5 Å². The molecule has 90 valence electrons. The lowest BCUT2D eigenvalue weighted by molar-refractivity contribution is 0.601. The van der Waals surface area contributed by atoms with Gasteiger partial charge < -0.3 is 5.32 Å². The van der Waals surface area contributed by atoms with Crippen LogP contribution in [0.4, 0.5) is 0 Å². The molecular weight excluding hydrogens is 244 g/mol. The molecular formula is C10H16N2O2S2. The molecule has 2 heterocycles. The number of sulfone groups is 1. The molecule has 6 heteroatoms. The number of nitrogens with one attached hydrogen (secondary N) is 1. The van der Waals surface area contributed by atoms with Gasteiger partial charge in [0, 0.05) is 17.0 Å². The van der Waals surface area contributed by atoms with Crippen LogP contribution in [0.2, 0.25) is 0 Å². The first-order chi connectivity index (χ1) is 7.61. The Bertz CT molecular complexity index is 453. The molecule has 1 atom stereocenters. The molecule has 2 rings (SSSR count). The molecule has 1 fully saturated rings. The van der Waals surface area contributed by atoms with Crippen LogP contribution in [0.15, 0.2) is 6.20 Å². The maximum absolute atomic E-state index is 11.4. The Balaban J connectivity index is 2.02. The third kappa shape index (κ3) is 2.81. The van der Waals surface area contributed by atoms with E-state index >= 15 is 0 Å². The summed E-state index contributed by atoms with van der Waals surface area (Å²) < 4.78 is 22.7. The summed E-state index contributed by atoms with van der Waals surface area (Å²) in [5.74, 6) is 0.744. The average molecular weight is 260 g/mol. The minimum absolute atomic E-state index is 0.137. The predicted octanol–water partition coefficient (Wildman–Crippen LogP) is 0.807. The minimum atomic E-state index is -2.80. The summed E-state index contributed by atoms with van der Waals surface area (Å²) >= 11 is 1.66. The molecule has 0 aromatic carbocycles. The molecule has 1 aromatic heterocycles. The van der Waals surface area contributed by atoms with E-state index in [1.54, 1.807) is 11.3 Å². The van der Waals surface area contributed by atoms with Gasteiger partial charge in [-0.3, -0.25) is 0 Å². The number of rotatable bonds is 4. The van der Waals surface area contributed by atoms with Gasteiger partial charge in [0.15, 0.2) is 9.84 Å². The molecule has 0 saturated carbocycles. The van der Waals surface area contributed by atoms with Crippen molar-refractivity contribution in [2.24, 2.45) is 0 Å². The average Bonchev–Trinajstić information content (AvgIpc) is 2.81. The van der Waals surface area contributed by atoms with Gasteiger partial charge in [-0.15, -0.1) is 11.3 Å². The van der Waals surface area contributed by atoms with Crippen LogP contribution in [0.25, 0.3) is 0 Å². The van der Waals surface area contributed by atoms with E-state index < -0.39 is 9.84 Å². The zero-order valence-electron chi connectivity index (χ0n) is 9.27. The fourth-order valence-corrected chi connectivity index (χ4v) is 4.77. The van der Waals surface area contributed by atoms with Crippen molar-refractivity contribution in [2.45, 2.75) is 18.8 Å². The van der Waals surface area contributed by atoms with E-state index in [4.69, 9.17) is 0 Å². The normalized spacial score (nSPS) is 23.7. The monoisotopic (exact) mass is 260 g/mol. The highest BCUT2D eigenvalue weighted by molar-refractivity contribution is 7.91. The SMILES string of the molecule is CNCCc1cnc(C2CCS(=O)(=O)C2)s1. The zero-order valence-corrected chi connectivity index (χ0v) is 10.9. The van der Waals surface area contributed by atoms with E-state index in [1.165, 1.54) is 4.88 Å². The molecule has 16 heavy (non-hydrogen) atoms. The highest BCUT2D eigenvalue weighted by Crippen LogP contribution is 2.31. The van der Waals surface area contributed by atoms with Crippen molar-refractivity contribution in [3.05, 3.63) is 16.1 Å². The Kier molecular flexibility index (Phi) is 3.61. The Morgan fingerprint density at radius 1 is 1.62 bits per heavy atom. The highest BCUT2D eigenvalue weighted by atomic mass is 32.2. The summed E-state index contributed by atoms with van der Waals surface area (Å²) in [5.41, 5.74) is 0. The number of thiazole rings is 1. The van der Waals surface area contributed by atoms with Crippen LogP contribution in [0.1, 0.15) is 22.2 Å². The van der Waals surface area contributed by atoms with Gasteiger partial charge >= 0.3 is 0 Å². The molecule has 0 spiro atoms. The van der Waals surface area contributed by atoms with Crippen LogP contribution >= 0.6 is 11.3 Å². The lowest BCUT2D eigenvalue weighted by Gasteiger charge is -2.01. The first kappa shape index (κ1) is 12.0. The molecule has 1 aliphatic rings.